The summed E-state index contributed by atoms with van der Waals surface area (Å²) in [5.41, 5.74) is -1.17. The minimum absolute atomic E-state index is 0.0379. The molecule has 0 saturated carbocycles. The van der Waals surface area contributed by atoms with Gasteiger partial charge in [-0.25, -0.2) is 13.8 Å². The Morgan fingerprint density at radius 2 is 1.21 bits per heavy atom. The molecule has 0 aliphatic heterocycles. The van der Waals surface area contributed by atoms with Gasteiger partial charge in [0.2, 0.25) is 0 Å². The lowest BCUT2D eigenvalue weighted by Gasteiger charge is -2.17. The zero-order valence-electron chi connectivity index (χ0n) is 13.5. The molecule has 0 amide bonds. The Bertz CT molecular complexity index is 993. The van der Waals surface area contributed by atoms with E-state index in [1.165, 1.54) is 36.4 Å². The molecule has 0 saturated heterocycles. The van der Waals surface area contributed by atoms with Gasteiger partial charge in [-0.15, -0.1) is 0 Å². The van der Waals surface area contributed by atoms with E-state index in [0.29, 0.717) is 21.6 Å². The fourth-order valence-corrected chi connectivity index (χ4v) is 4.80. The van der Waals surface area contributed by atoms with E-state index >= 15 is 0 Å². The van der Waals surface area contributed by atoms with E-state index in [2.05, 4.69) is 4.98 Å². The van der Waals surface area contributed by atoms with Crippen molar-refractivity contribution >= 4 is 46.7 Å². The number of hydrogen-bond donors (Lipinski definition) is 0. The molecule has 10 heteroatoms. The lowest BCUT2D eigenvalue weighted by atomic mass is 10.3. The third-order valence-electron chi connectivity index (χ3n) is 3.37. The molecule has 2 aromatic carbocycles. The van der Waals surface area contributed by atoms with Gasteiger partial charge in [0.25, 0.3) is 0 Å². The van der Waals surface area contributed by atoms with Gasteiger partial charge in [0, 0.05) is 14.7 Å². The first-order valence-corrected chi connectivity index (χ1v) is 9.87. The maximum atomic E-state index is 13.6. The van der Waals surface area contributed by atoms with E-state index in [1.807, 2.05) is 0 Å². The average molecular weight is 468 g/mol. The van der Waals surface area contributed by atoms with Crippen LogP contribution < -0.4 is 0 Å². The van der Waals surface area contributed by atoms with Gasteiger partial charge in [0.05, 0.1) is 5.02 Å². The van der Waals surface area contributed by atoms with Crippen LogP contribution in [0.25, 0.3) is 0 Å². The molecular weight excluding hydrogens is 460 g/mol. The van der Waals surface area contributed by atoms with Crippen molar-refractivity contribution in [3.8, 4) is 0 Å². The van der Waals surface area contributed by atoms with E-state index in [9.17, 15) is 22.0 Å². The van der Waals surface area contributed by atoms with E-state index in [0.717, 1.165) is 23.9 Å². The molecule has 1 heterocycles. The van der Waals surface area contributed by atoms with Gasteiger partial charge in [0.1, 0.15) is 27.4 Å². The first-order chi connectivity index (χ1) is 13.1. The molecule has 0 bridgehead atoms. The maximum absolute atomic E-state index is 13.6. The van der Waals surface area contributed by atoms with Gasteiger partial charge in [0.15, 0.2) is 0 Å². The molecular formula is C18H8Cl2F5NS2. The van der Waals surface area contributed by atoms with Crippen molar-refractivity contribution in [3.63, 3.8) is 0 Å². The molecule has 3 rings (SSSR count). The van der Waals surface area contributed by atoms with Crippen molar-refractivity contribution in [2.75, 3.05) is 0 Å². The number of pyridine rings is 1. The summed E-state index contributed by atoms with van der Waals surface area (Å²) in [6.07, 6.45) is -4.80. The molecule has 146 valence electrons. The molecule has 28 heavy (non-hydrogen) atoms. The highest BCUT2D eigenvalue weighted by Gasteiger charge is 2.39. The van der Waals surface area contributed by atoms with Gasteiger partial charge in [-0.2, -0.15) is 13.2 Å². The first-order valence-electron chi connectivity index (χ1n) is 7.48. The molecule has 0 aliphatic rings. The topological polar surface area (TPSA) is 12.9 Å². The normalized spacial score (nSPS) is 11.7. The van der Waals surface area contributed by atoms with Gasteiger partial charge in [-0.1, -0.05) is 46.7 Å². The van der Waals surface area contributed by atoms with Crippen molar-refractivity contribution < 1.29 is 22.0 Å². The highest BCUT2D eigenvalue weighted by molar-refractivity contribution is 8.00. The summed E-state index contributed by atoms with van der Waals surface area (Å²) in [6.45, 7) is 0. The summed E-state index contributed by atoms with van der Waals surface area (Å²) in [7, 11) is 0. The minimum atomic E-state index is -4.80. The predicted molar refractivity (Wildman–Crippen MR) is 100 cm³/mol. The van der Waals surface area contributed by atoms with Crippen molar-refractivity contribution in [3.05, 3.63) is 75.9 Å². The van der Waals surface area contributed by atoms with Crippen LogP contribution in [0.3, 0.4) is 0 Å². The number of rotatable bonds is 4. The zero-order chi connectivity index (χ0) is 20.5. The number of benzene rings is 2. The Labute approximate surface area is 175 Å². The second-order valence-corrected chi connectivity index (χ2v) is 8.22. The molecule has 0 aliphatic carbocycles. The molecule has 0 fully saturated rings. The van der Waals surface area contributed by atoms with E-state index in [4.69, 9.17) is 23.2 Å². The zero-order valence-corrected chi connectivity index (χ0v) is 16.7. The number of aromatic nitrogens is 1. The Morgan fingerprint density at radius 1 is 0.750 bits per heavy atom. The number of nitrogens with zero attached hydrogens (tertiary/aromatic N) is 1. The Kier molecular flexibility index (Phi) is 6.44. The predicted octanol–water partition coefficient (Wildman–Crippen LogP) is 7.99. The third-order valence-corrected chi connectivity index (χ3v) is 6.35. The fourth-order valence-electron chi connectivity index (χ4n) is 2.14. The van der Waals surface area contributed by atoms with Gasteiger partial charge >= 0.3 is 6.18 Å². The molecule has 0 spiro atoms. The van der Waals surface area contributed by atoms with Crippen molar-refractivity contribution in [2.45, 2.75) is 25.9 Å². The lowest BCUT2D eigenvalue weighted by Crippen LogP contribution is -2.10. The van der Waals surface area contributed by atoms with Crippen LogP contribution >= 0.6 is 46.7 Å². The van der Waals surface area contributed by atoms with Crippen molar-refractivity contribution in [2.24, 2.45) is 0 Å². The van der Waals surface area contributed by atoms with Crippen molar-refractivity contribution in [1.29, 1.82) is 0 Å². The summed E-state index contributed by atoms with van der Waals surface area (Å²) >= 11 is 13.7. The molecule has 1 aromatic heterocycles. The quantitative estimate of drug-likeness (QED) is 0.285. The third kappa shape index (κ3) is 4.92. The van der Waals surface area contributed by atoms with Crippen LogP contribution in [0.5, 0.6) is 0 Å². The van der Waals surface area contributed by atoms with Crippen LogP contribution in [0.2, 0.25) is 10.2 Å². The van der Waals surface area contributed by atoms with Gasteiger partial charge in [-0.3, -0.25) is 0 Å². The Morgan fingerprint density at radius 3 is 1.68 bits per heavy atom. The number of hydrogen-bond acceptors (Lipinski definition) is 3. The van der Waals surface area contributed by atoms with Crippen LogP contribution in [-0.4, -0.2) is 4.98 Å². The second kappa shape index (κ2) is 8.49. The summed E-state index contributed by atoms with van der Waals surface area (Å²) in [5, 5.41) is -0.970. The van der Waals surface area contributed by atoms with Crippen LogP contribution in [0.15, 0.2) is 68.2 Å². The molecule has 3 aromatic rings. The van der Waals surface area contributed by atoms with Crippen LogP contribution in [-0.2, 0) is 6.18 Å². The monoisotopic (exact) mass is 467 g/mol. The second-order valence-electron chi connectivity index (χ2n) is 5.34. The lowest BCUT2D eigenvalue weighted by molar-refractivity contribution is -0.139. The van der Waals surface area contributed by atoms with E-state index in [-0.39, 0.29) is 14.9 Å². The first kappa shape index (κ1) is 21.2. The van der Waals surface area contributed by atoms with Crippen LogP contribution in [0.1, 0.15) is 5.56 Å². The SMILES string of the molecule is Fc1ccc(Sc2nc(Cl)c(C(F)(F)F)c(Sc3ccc(F)cc3)c2Cl)cc1. The Balaban J connectivity index is 2.09. The molecule has 0 atom stereocenters. The standard InChI is InChI=1S/C18H8Cl2F5NS2/c19-14-15(27-11-5-1-9(21)2-6-11)13(18(23,24)25)16(20)26-17(14)28-12-7-3-10(22)4-8-12/h1-8H. The molecule has 1 nitrogen and oxygen atoms in total. The van der Waals surface area contributed by atoms with Gasteiger partial charge < -0.3 is 0 Å². The summed E-state index contributed by atoms with van der Waals surface area (Å²) in [5.74, 6) is -0.979. The van der Waals surface area contributed by atoms with E-state index < -0.39 is 28.5 Å². The smallest absolute Gasteiger partial charge is 0.227 e. The Hall–Kier alpha value is -1.48. The highest BCUT2D eigenvalue weighted by Crippen LogP contribution is 2.49. The number of alkyl halides is 3. The number of halogens is 7. The summed E-state index contributed by atoms with van der Waals surface area (Å²) in [6, 6.07) is 10.2. The minimum Gasteiger partial charge on any atom is -0.227 e. The molecule has 0 unspecified atom stereocenters. The van der Waals surface area contributed by atoms with Gasteiger partial charge in [-0.05, 0) is 48.5 Å². The fraction of sp³-hybridized carbons (Fsp3) is 0.0556. The van der Waals surface area contributed by atoms with Crippen LogP contribution in [0.4, 0.5) is 22.0 Å². The highest BCUT2D eigenvalue weighted by atomic mass is 35.5. The summed E-state index contributed by atoms with van der Waals surface area (Å²) in [4.78, 5) is 4.30. The molecule has 0 radical (unpaired) electrons. The largest absolute Gasteiger partial charge is 0.420 e. The summed E-state index contributed by atoms with van der Waals surface area (Å²) < 4.78 is 66.8. The maximum Gasteiger partial charge on any atom is 0.420 e. The van der Waals surface area contributed by atoms with Crippen LogP contribution in [0, 0.1) is 11.6 Å². The van der Waals surface area contributed by atoms with Crippen molar-refractivity contribution in [1.82, 2.24) is 4.98 Å². The van der Waals surface area contributed by atoms with E-state index in [1.54, 1.807) is 0 Å². The average Bonchev–Trinajstić information content (AvgIpc) is 2.61. The molecule has 0 N–H and O–H groups in total.